The summed E-state index contributed by atoms with van der Waals surface area (Å²) in [6.45, 7) is 5.10. The predicted octanol–water partition coefficient (Wildman–Crippen LogP) is 0.964. The maximum atomic E-state index is 11.6. The molecule has 20 heavy (non-hydrogen) atoms. The van der Waals surface area contributed by atoms with Crippen molar-refractivity contribution in [2.45, 2.75) is 38.8 Å². The molecule has 8 nitrogen and oxygen atoms in total. The molecule has 2 atom stereocenters. The molecular formula is C12H20N2O6. The Kier molecular flexibility index (Phi) is 4.80. The quantitative estimate of drug-likeness (QED) is 0.697. The van der Waals surface area contributed by atoms with Crippen molar-refractivity contribution in [2.24, 2.45) is 5.92 Å². The first-order valence-electron chi connectivity index (χ1n) is 6.28. The number of nitrogens with one attached hydrogen (secondary N) is 1. The summed E-state index contributed by atoms with van der Waals surface area (Å²) >= 11 is 0. The molecule has 1 fully saturated rings. The van der Waals surface area contributed by atoms with Crippen LogP contribution in [-0.4, -0.2) is 58.0 Å². The molecule has 1 aliphatic rings. The van der Waals surface area contributed by atoms with E-state index >= 15 is 0 Å². The van der Waals surface area contributed by atoms with Gasteiger partial charge in [-0.05, 0) is 27.2 Å². The number of carbonyl (C=O) groups is 3. The Morgan fingerprint density at radius 2 is 1.80 bits per heavy atom. The van der Waals surface area contributed by atoms with Crippen molar-refractivity contribution in [3.8, 4) is 0 Å². The summed E-state index contributed by atoms with van der Waals surface area (Å²) in [5.74, 6) is -1.91. The lowest BCUT2D eigenvalue weighted by Gasteiger charge is -2.35. The summed E-state index contributed by atoms with van der Waals surface area (Å²) in [4.78, 5) is 34.6. The molecule has 0 aromatic carbocycles. The summed E-state index contributed by atoms with van der Waals surface area (Å²) in [5.41, 5.74) is -0.669. The second kappa shape index (κ2) is 5.98. The highest BCUT2D eigenvalue weighted by Gasteiger charge is 2.35. The number of carbonyl (C=O) groups excluding carboxylic acids is 1. The summed E-state index contributed by atoms with van der Waals surface area (Å²) in [6, 6.07) is -0.573. The fourth-order valence-corrected chi connectivity index (χ4v) is 2.01. The van der Waals surface area contributed by atoms with Crippen molar-refractivity contribution < 1.29 is 29.3 Å². The molecule has 0 unspecified atom stereocenters. The molecule has 1 heterocycles. The van der Waals surface area contributed by atoms with Crippen LogP contribution in [0.4, 0.5) is 9.59 Å². The molecule has 8 heteroatoms. The first-order chi connectivity index (χ1) is 9.08. The second-order valence-electron chi connectivity index (χ2n) is 5.80. The molecule has 3 N–H and O–H groups in total. The number of amides is 2. The Morgan fingerprint density at radius 1 is 1.20 bits per heavy atom. The van der Waals surface area contributed by atoms with Gasteiger partial charge >= 0.3 is 18.2 Å². The number of rotatable bonds is 2. The van der Waals surface area contributed by atoms with Crippen molar-refractivity contribution in [3.05, 3.63) is 0 Å². The van der Waals surface area contributed by atoms with Crippen molar-refractivity contribution in [3.63, 3.8) is 0 Å². The summed E-state index contributed by atoms with van der Waals surface area (Å²) in [5, 5.41) is 20.5. The average molecular weight is 288 g/mol. The van der Waals surface area contributed by atoms with E-state index in [-0.39, 0.29) is 19.5 Å². The van der Waals surface area contributed by atoms with Crippen LogP contribution in [0, 0.1) is 5.92 Å². The summed E-state index contributed by atoms with van der Waals surface area (Å²) in [6.07, 6.45) is -1.70. The number of nitrogens with zero attached hydrogens (tertiary/aromatic N) is 1. The third kappa shape index (κ3) is 4.94. The highest BCUT2D eigenvalue weighted by molar-refractivity contribution is 5.73. The second-order valence-corrected chi connectivity index (χ2v) is 5.80. The Hall–Kier alpha value is -1.99. The van der Waals surface area contributed by atoms with E-state index in [4.69, 9.17) is 14.9 Å². The van der Waals surface area contributed by atoms with E-state index in [9.17, 15) is 14.4 Å². The number of ether oxygens (including phenoxy) is 1. The topological polar surface area (TPSA) is 116 Å². The molecule has 0 aliphatic carbocycles. The minimum Gasteiger partial charge on any atom is -0.481 e. The van der Waals surface area contributed by atoms with Gasteiger partial charge in [0.1, 0.15) is 5.60 Å². The normalized spacial score (nSPS) is 23.1. The number of carboxylic acids is 1. The standard InChI is InChI=1S/C12H20N2O6/c1-12(2,3)20-10(17)13-8-4-7(9(15)16)5-14(6-8)11(18)19/h7-8H,4-6H2,1-3H3,(H,13,17)(H,15,16)(H,18,19)/t7-,8-/m1/s1. The van der Waals surface area contributed by atoms with Gasteiger partial charge in [0, 0.05) is 13.1 Å². The number of hydrogen-bond donors (Lipinski definition) is 3. The average Bonchev–Trinajstić information content (AvgIpc) is 2.25. The van der Waals surface area contributed by atoms with Crippen LogP contribution < -0.4 is 5.32 Å². The van der Waals surface area contributed by atoms with Crippen LogP contribution in [0.1, 0.15) is 27.2 Å². The van der Waals surface area contributed by atoms with Crippen molar-refractivity contribution in [1.29, 1.82) is 0 Å². The van der Waals surface area contributed by atoms with Gasteiger partial charge in [0.2, 0.25) is 0 Å². The number of hydrogen-bond acceptors (Lipinski definition) is 4. The van der Waals surface area contributed by atoms with Crippen LogP contribution >= 0.6 is 0 Å². The van der Waals surface area contributed by atoms with Gasteiger partial charge in [-0.15, -0.1) is 0 Å². The number of aliphatic carboxylic acids is 1. The third-order valence-electron chi connectivity index (χ3n) is 2.79. The van der Waals surface area contributed by atoms with Gasteiger partial charge in [0.15, 0.2) is 0 Å². The lowest BCUT2D eigenvalue weighted by atomic mass is 9.94. The third-order valence-corrected chi connectivity index (χ3v) is 2.79. The van der Waals surface area contributed by atoms with Gasteiger partial charge in [-0.3, -0.25) is 4.79 Å². The van der Waals surface area contributed by atoms with Crippen LogP contribution in [0.2, 0.25) is 0 Å². The number of piperidine rings is 1. The first kappa shape index (κ1) is 16.1. The predicted molar refractivity (Wildman–Crippen MR) is 68.5 cm³/mol. The number of carboxylic acid groups (broad SMARTS) is 2. The molecule has 0 bridgehead atoms. The van der Waals surface area contributed by atoms with E-state index < -0.39 is 35.7 Å². The van der Waals surface area contributed by atoms with E-state index in [1.54, 1.807) is 20.8 Å². The Bertz CT molecular complexity index is 381. The molecule has 0 saturated carbocycles. The van der Waals surface area contributed by atoms with Gasteiger partial charge in [0.25, 0.3) is 0 Å². The fourth-order valence-electron chi connectivity index (χ4n) is 2.01. The highest BCUT2D eigenvalue weighted by atomic mass is 16.6. The van der Waals surface area contributed by atoms with Gasteiger partial charge in [0.05, 0.1) is 12.0 Å². The van der Waals surface area contributed by atoms with Gasteiger partial charge in [-0.2, -0.15) is 0 Å². The number of alkyl carbamates (subject to hydrolysis) is 1. The van der Waals surface area contributed by atoms with E-state index in [2.05, 4.69) is 5.32 Å². The molecule has 0 spiro atoms. The number of likely N-dealkylation sites (tertiary alicyclic amines) is 1. The minimum atomic E-state index is -1.20. The zero-order chi connectivity index (χ0) is 15.5. The summed E-state index contributed by atoms with van der Waals surface area (Å²) < 4.78 is 5.07. The molecule has 1 aliphatic heterocycles. The maximum absolute atomic E-state index is 11.6. The molecule has 2 amide bonds. The molecule has 114 valence electrons. The zero-order valence-electron chi connectivity index (χ0n) is 11.8. The SMILES string of the molecule is CC(C)(C)OC(=O)N[C@@H]1C[C@@H](C(=O)O)CN(C(=O)O)C1. The van der Waals surface area contributed by atoms with Crippen LogP contribution in [0.5, 0.6) is 0 Å². The van der Waals surface area contributed by atoms with Crippen molar-refractivity contribution in [2.75, 3.05) is 13.1 Å². The van der Waals surface area contributed by atoms with Gasteiger partial charge < -0.3 is 25.2 Å². The van der Waals surface area contributed by atoms with Gasteiger partial charge in [-0.25, -0.2) is 9.59 Å². The first-order valence-corrected chi connectivity index (χ1v) is 6.28. The Balaban J connectivity index is 2.66. The fraction of sp³-hybridized carbons (Fsp3) is 0.750. The zero-order valence-corrected chi connectivity index (χ0v) is 11.8. The molecule has 0 aromatic rings. The molecular weight excluding hydrogens is 268 g/mol. The minimum absolute atomic E-state index is 0.0539. The molecule has 0 aromatic heterocycles. The van der Waals surface area contributed by atoms with Crippen molar-refractivity contribution >= 4 is 18.2 Å². The molecule has 1 rings (SSSR count). The van der Waals surface area contributed by atoms with Gasteiger partial charge in [-0.1, -0.05) is 0 Å². The monoisotopic (exact) mass is 288 g/mol. The summed E-state index contributed by atoms with van der Waals surface area (Å²) in [7, 11) is 0. The Morgan fingerprint density at radius 3 is 2.25 bits per heavy atom. The van der Waals surface area contributed by atoms with Crippen LogP contribution in [-0.2, 0) is 9.53 Å². The lowest BCUT2D eigenvalue weighted by molar-refractivity contribution is -0.143. The van der Waals surface area contributed by atoms with E-state index in [1.807, 2.05) is 0 Å². The van der Waals surface area contributed by atoms with Crippen LogP contribution in [0.25, 0.3) is 0 Å². The molecule has 0 radical (unpaired) electrons. The Labute approximate surface area is 116 Å². The highest BCUT2D eigenvalue weighted by Crippen LogP contribution is 2.18. The smallest absolute Gasteiger partial charge is 0.407 e. The van der Waals surface area contributed by atoms with Crippen molar-refractivity contribution in [1.82, 2.24) is 10.2 Å². The van der Waals surface area contributed by atoms with E-state index in [0.717, 1.165) is 4.90 Å². The van der Waals surface area contributed by atoms with Crippen LogP contribution in [0.15, 0.2) is 0 Å². The van der Waals surface area contributed by atoms with E-state index in [0.29, 0.717) is 0 Å². The maximum Gasteiger partial charge on any atom is 0.407 e. The largest absolute Gasteiger partial charge is 0.481 e. The van der Waals surface area contributed by atoms with E-state index in [1.165, 1.54) is 0 Å². The molecule has 1 saturated heterocycles. The lowest BCUT2D eigenvalue weighted by Crippen LogP contribution is -2.54. The van der Waals surface area contributed by atoms with Crippen LogP contribution in [0.3, 0.4) is 0 Å².